The number of hydrogen-bond donors (Lipinski definition) is 2. The first-order valence-electron chi connectivity index (χ1n) is 5.22. The number of hydrogen-bond acceptors (Lipinski definition) is 4. The zero-order chi connectivity index (χ0) is 13.0. The molecule has 17 heavy (non-hydrogen) atoms. The molecule has 0 aliphatic carbocycles. The average molecular weight is 256 g/mol. The van der Waals surface area contributed by atoms with E-state index in [0.717, 1.165) is 17.0 Å². The van der Waals surface area contributed by atoms with Gasteiger partial charge in [0.1, 0.15) is 4.88 Å². The Morgan fingerprint density at radius 1 is 1.53 bits per heavy atom. The Labute approximate surface area is 104 Å². The van der Waals surface area contributed by atoms with Gasteiger partial charge in [0.2, 0.25) is 5.91 Å². The highest BCUT2D eigenvalue weighted by molar-refractivity contribution is 7.12. The van der Waals surface area contributed by atoms with Gasteiger partial charge in [-0.1, -0.05) is 0 Å². The van der Waals surface area contributed by atoms with Crippen LogP contribution in [0.5, 0.6) is 0 Å². The van der Waals surface area contributed by atoms with E-state index in [1.54, 1.807) is 23.4 Å². The molecule has 0 saturated carbocycles. The van der Waals surface area contributed by atoms with E-state index in [0.29, 0.717) is 0 Å². The number of rotatable bonds is 5. The molecule has 1 aromatic heterocycles. The molecule has 6 heteroatoms. The molecule has 0 aliphatic heterocycles. The molecule has 0 spiro atoms. The third kappa shape index (κ3) is 4.07. The second kappa shape index (κ2) is 5.67. The normalized spacial score (nSPS) is 10.4. The largest absolute Gasteiger partial charge is 0.477 e. The number of carbonyl (C=O) groups is 2. The van der Waals surface area contributed by atoms with E-state index in [1.165, 1.54) is 0 Å². The lowest BCUT2D eigenvalue weighted by Gasteiger charge is -2.17. The Morgan fingerprint density at radius 3 is 2.65 bits per heavy atom. The molecule has 2 N–H and O–H groups in total. The molecule has 94 valence electrons. The van der Waals surface area contributed by atoms with Crippen LogP contribution in [0, 0.1) is 0 Å². The highest BCUT2D eigenvalue weighted by atomic mass is 32.1. The summed E-state index contributed by atoms with van der Waals surface area (Å²) in [7, 11) is 1.76. The van der Waals surface area contributed by atoms with Crippen molar-refractivity contribution in [3.63, 3.8) is 0 Å². The number of thiophene rings is 1. The van der Waals surface area contributed by atoms with Gasteiger partial charge in [0, 0.05) is 24.2 Å². The number of carboxylic acid groups (broad SMARTS) is 1. The number of aromatic carboxylic acids is 1. The molecule has 0 atom stereocenters. The lowest BCUT2D eigenvalue weighted by atomic mass is 10.3. The lowest BCUT2D eigenvalue weighted by molar-refractivity contribution is -0.120. The number of carbonyl (C=O) groups excluding carboxylic acids is 1. The summed E-state index contributed by atoms with van der Waals surface area (Å²) in [4.78, 5) is 24.2. The van der Waals surface area contributed by atoms with Crippen LogP contribution in [0.15, 0.2) is 11.4 Å². The molecule has 0 fully saturated rings. The van der Waals surface area contributed by atoms with E-state index in [9.17, 15) is 9.59 Å². The number of amides is 1. The summed E-state index contributed by atoms with van der Waals surface area (Å²) in [5.74, 6) is -1.02. The van der Waals surface area contributed by atoms with Crippen LogP contribution in [0.2, 0.25) is 0 Å². The molecule has 0 unspecified atom stereocenters. The van der Waals surface area contributed by atoms with Gasteiger partial charge in [0.25, 0.3) is 0 Å². The van der Waals surface area contributed by atoms with Gasteiger partial charge in [-0.05, 0) is 19.9 Å². The number of likely N-dealkylation sites (N-methyl/N-ethyl adjacent to an activating group) is 1. The van der Waals surface area contributed by atoms with Crippen LogP contribution >= 0.6 is 11.3 Å². The van der Waals surface area contributed by atoms with E-state index in [-0.39, 0.29) is 23.4 Å². The van der Waals surface area contributed by atoms with Gasteiger partial charge in [-0.2, -0.15) is 0 Å². The van der Waals surface area contributed by atoms with E-state index in [2.05, 4.69) is 5.32 Å². The van der Waals surface area contributed by atoms with Crippen molar-refractivity contribution in [1.82, 2.24) is 5.32 Å². The summed E-state index contributed by atoms with van der Waals surface area (Å²) in [6.07, 6.45) is 0. The molecule has 1 heterocycles. The Balaban J connectivity index is 2.60. The Hall–Kier alpha value is -1.56. The Morgan fingerprint density at radius 2 is 2.18 bits per heavy atom. The third-order valence-electron chi connectivity index (χ3n) is 2.07. The maximum absolute atomic E-state index is 11.5. The maximum Gasteiger partial charge on any atom is 0.345 e. The monoisotopic (exact) mass is 256 g/mol. The van der Waals surface area contributed by atoms with Crippen LogP contribution in [0.3, 0.4) is 0 Å². The van der Waals surface area contributed by atoms with Crippen LogP contribution in [-0.2, 0) is 4.79 Å². The molecular formula is C11H16N2O3S. The van der Waals surface area contributed by atoms with Crippen LogP contribution in [0.4, 0.5) is 5.69 Å². The minimum absolute atomic E-state index is 0.0782. The number of nitrogens with zero attached hydrogens (tertiary/aromatic N) is 1. The molecule has 0 saturated heterocycles. The molecule has 0 aliphatic rings. The first kappa shape index (κ1) is 13.5. The van der Waals surface area contributed by atoms with Gasteiger partial charge in [-0.3, -0.25) is 4.79 Å². The van der Waals surface area contributed by atoms with Crippen LogP contribution in [0.1, 0.15) is 23.5 Å². The highest BCUT2D eigenvalue weighted by Gasteiger charge is 2.12. The first-order chi connectivity index (χ1) is 7.90. The smallest absolute Gasteiger partial charge is 0.345 e. The van der Waals surface area contributed by atoms with E-state index < -0.39 is 5.97 Å². The summed E-state index contributed by atoms with van der Waals surface area (Å²) in [6.45, 7) is 4.00. The third-order valence-corrected chi connectivity index (χ3v) is 2.97. The van der Waals surface area contributed by atoms with Crippen molar-refractivity contribution in [2.24, 2.45) is 0 Å². The SMILES string of the molecule is CC(C)NC(=O)CN(C)c1csc(C(=O)O)c1. The first-order valence-corrected chi connectivity index (χ1v) is 6.10. The number of nitrogens with one attached hydrogen (secondary N) is 1. The topological polar surface area (TPSA) is 69.6 Å². The van der Waals surface area contributed by atoms with Gasteiger partial charge in [-0.25, -0.2) is 4.79 Å². The van der Waals surface area contributed by atoms with Crippen LogP contribution in [-0.4, -0.2) is 36.6 Å². The zero-order valence-electron chi connectivity index (χ0n) is 10.1. The van der Waals surface area contributed by atoms with Crippen molar-refractivity contribution in [2.45, 2.75) is 19.9 Å². The van der Waals surface area contributed by atoms with Crippen molar-refractivity contribution in [1.29, 1.82) is 0 Å². The van der Waals surface area contributed by atoms with Gasteiger partial charge < -0.3 is 15.3 Å². The fraction of sp³-hybridized carbons (Fsp3) is 0.455. The van der Waals surface area contributed by atoms with Gasteiger partial charge in [0.05, 0.1) is 6.54 Å². The zero-order valence-corrected chi connectivity index (χ0v) is 10.9. The molecule has 5 nitrogen and oxygen atoms in total. The highest BCUT2D eigenvalue weighted by Crippen LogP contribution is 2.21. The predicted molar refractivity (Wildman–Crippen MR) is 67.8 cm³/mol. The second-order valence-corrected chi connectivity index (χ2v) is 4.96. The van der Waals surface area contributed by atoms with E-state index >= 15 is 0 Å². The quantitative estimate of drug-likeness (QED) is 0.835. The van der Waals surface area contributed by atoms with Crippen molar-refractivity contribution in [2.75, 3.05) is 18.5 Å². The average Bonchev–Trinajstić information content (AvgIpc) is 2.64. The minimum Gasteiger partial charge on any atom is -0.477 e. The second-order valence-electron chi connectivity index (χ2n) is 4.05. The summed E-state index contributed by atoms with van der Waals surface area (Å²) in [5.41, 5.74) is 0.742. The van der Waals surface area contributed by atoms with E-state index in [4.69, 9.17) is 5.11 Å². The van der Waals surface area contributed by atoms with Gasteiger partial charge >= 0.3 is 5.97 Å². The summed E-state index contributed by atoms with van der Waals surface area (Å²) < 4.78 is 0. The predicted octanol–water partition coefficient (Wildman–Crippen LogP) is 1.41. The van der Waals surface area contributed by atoms with Crippen molar-refractivity contribution < 1.29 is 14.7 Å². The minimum atomic E-state index is -0.943. The Kier molecular flexibility index (Phi) is 4.51. The van der Waals surface area contributed by atoms with Crippen LogP contribution in [0.25, 0.3) is 0 Å². The van der Waals surface area contributed by atoms with Gasteiger partial charge in [-0.15, -0.1) is 11.3 Å². The van der Waals surface area contributed by atoms with Gasteiger partial charge in [0.15, 0.2) is 0 Å². The van der Waals surface area contributed by atoms with Crippen molar-refractivity contribution >= 4 is 28.9 Å². The number of carboxylic acids is 1. The summed E-state index contributed by atoms with van der Waals surface area (Å²) in [5, 5.41) is 13.3. The maximum atomic E-state index is 11.5. The summed E-state index contributed by atoms with van der Waals surface area (Å²) >= 11 is 1.15. The molecule has 0 bridgehead atoms. The number of anilines is 1. The fourth-order valence-electron chi connectivity index (χ4n) is 1.31. The van der Waals surface area contributed by atoms with Crippen molar-refractivity contribution in [3.05, 3.63) is 16.3 Å². The van der Waals surface area contributed by atoms with Crippen molar-refractivity contribution in [3.8, 4) is 0 Å². The molecule has 0 radical (unpaired) electrons. The molecule has 1 amide bonds. The summed E-state index contributed by atoms with van der Waals surface area (Å²) in [6, 6.07) is 1.67. The van der Waals surface area contributed by atoms with Crippen LogP contribution < -0.4 is 10.2 Å². The molecular weight excluding hydrogens is 240 g/mol. The van der Waals surface area contributed by atoms with E-state index in [1.807, 2.05) is 13.8 Å². The fourth-order valence-corrected chi connectivity index (χ4v) is 2.10. The molecule has 1 rings (SSSR count). The molecule has 0 aromatic carbocycles. The Bertz CT molecular complexity index is 415. The standard InChI is InChI=1S/C11H16N2O3S/c1-7(2)12-10(14)5-13(3)8-4-9(11(15)16)17-6-8/h4,6-7H,5H2,1-3H3,(H,12,14)(H,15,16). The lowest BCUT2D eigenvalue weighted by Crippen LogP contribution is -2.38. The molecule has 1 aromatic rings.